The number of carbonyl (C=O) groups excluding carboxylic acids is 1. The molecule has 2 aromatic heterocycles. The number of nitrogens with one attached hydrogen (secondary N) is 1. The number of rotatable bonds is 5. The van der Waals surface area contributed by atoms with Gasteiger partial charge in [-0.15, -0.1) is 0 Å². The van der Waals surface area contributed by atoms with E-state index in [1.165, 1.54) is 18.4 Å². The molecule has 0 atom stereocenters. The van der Waals surface area contributed by atoms with Gasteiger partial charge >= 0.3 is 0 Å². The second kappa shape index (κ2) is 8.35. The highest BCUT2D eigenvalue weighted by molar-refractivity contribution is 6.03. The highest BCUT2D eigenvalue weighted by Crippen LogP contribution is 2.21. The highest BCUT2D eigenvalue weighted by Gasteiger charge is 2.16. The van der Waals surface area contributed by atoms with Crippen molar-refractivity contribution in [3.8, 4) is 11.3 Å². The summed E-state index contributed by atoms with van der Waals surface area (Å²) in [6.45, 7) is 5.60. The van der Waals surface area contributed by atoms with Crippen molar-refractivity contribution in [1.29, 1.82) is 0 Å². The van der Waals surface area contributed by atoms with E-state index in [-0.39, 0.29) is 11.6 Å². The molecule has 4 rings (SSSR count). The number of likely N-dealkylation sites (tertiary alicyclic amines) is 1. The molecular formula is C22H24N4O2. The molecule has 6 nitrogen and oxygen atoms in total. The maximum absolute atomic E-state index is 12.4. The minimum absolute atomic E-state index is 0.241. The average Bonchev–Trinajstić information content (AvgIpc) is 3.22. The first kappa shape index (κ1) is 18.4. The minimum atomic E-state index is -0.295. The average molecular weight is 376 g/mol. The number of piperidine rings is 1. The number of nitrogens with zero attached hydrogens (tertiary/aromatic N) is 3. The van der Waals surface area contributed by atoms with Crippen LogP contribution in [0.25, 0.3) is 11.3 Å². The van der Waals surface area contributed by atoms with E-state index in [0.29, 0.717) is 5.76 Å². The van der Waals surface area contributed by atoms with Crippen molar-refractivity contribution in [3.63, 3.8) is 0 Å². The number of hydrogen-bond acceptors (Lipinski definition) is 5. The van der Waals surface area contributed by atoms with Crippen molar-refractivity contribution in [3.05, 3.63) is 66.1 Å². The van der Waals surface area contributed by atoms with Gasteiger partial charge in [-0.25, -0.2) is 0 Å². The fraction of sp³-hybridized carbons (Fsp3) is 0.318. The third kappa shape index (κ3) is 4.46. The topological polar surface area (TPSA) is 71.3 Å². The number of benzene rings is 1. The summed E-state index contributed by atoms with van der Waals surface area (Å²) in [7, 11) is 0. The molecule has 0 unspecified atom stereocenters. The first-order valence-corrected chi connectivity index (χ1v) is 9.67. The van der Waals surface area contributed by atoms with Gasteiger partial charge in [-0.1, -0.05) is 24.2 Å². The molecule has 0 saturated carbocycles. The molecular weight excluding hydrogens is 352 g/mol. The van der Waals surface area contributed by atoms with Crippen LogP contribution >= 0.6 is 0 Å². The largest absolute Gasteiger partial charge is 0.355 e. The Morgan fingerprint density at radius 3 is 2.71 bits per heavy atom. The predicted molar refractivity (Wildman–Crippen MR) is 108 cm³/mol. The third-order valence-corrected chi connectivity index (χ3v) is 5.18. The Bertz CT molecular complexity index is 913. The van der Waals surface area contributed by atoms with Gasteiger partial charge in [-0.2, -0.15) is 0 Å². The molecule has 3 heterocycles. The molecule has 1 N–H and O–H groups in total. The molecule has 28 heavy (non-hydrogen) atoms. The van der Waals surface area contributed by atoms with Crippen LogP contribution < -0.4 is 5.32 Å². The number of aromatic nitrogens is 2. The lowest BCUT2D eigenvalue weighted by Crippen LogP contribution is -2.32. The zero-order valence-electron chi connectivity index (χ0n) is 16.0. The van der Waals surface area contributed by atoms with E-state index in [4.69, 9.17) is 4.52 Å². The van der Waals surface area contributed by atoms with Gasteiger partial charge in [-0.3, -0.25) is 14.7 Å². The Labute approximate surface area is 164 Å². The molecule has 6 heteroatoms. The fourth-order valence-corrected chi connectivity index (χ4v) is 3.39. The third-order valence-electron chi connectivity index (χ3n) is 5.18. The molecule has 3 aromatic rings. The monoisotopic (exact) mass is 376 g/mol. The van der Waals surface area contributed by atoms with E-state index < -0.39 is 0 Å². The summed E-state index contributed by atoms with van der Waals surface area (Å²) in [5, 5.41) is 6.74. The normalized spacial score (nSPS) is 15.5. The number of carbonyl (C=O) groups is 1. The van der Waals surface area contributed by atoms with Gasteiger partial charge in [0.25, 0.3) is 5.91 Å². The van der Waals surface area contributed by atoms with Crippen LogP contribution in [0.3, 0.4) is 0 Å². The number of hydrogen-bond donors (Lipinski definition) is 1. The van der Waals surface area contributed by atoms with Crippen LogP contribution in [0.15, 0.2) is 59.4 Å². The van der Waals surface area contributed by atoms with E-state index in [9.17, 15) is 4.79 Å². The van der Waals surface area contributed by atoms with E-state index in [1.54, 1.807) is 18.5 Å². The summed E-state index contributed by atoms with van der Waals surface area (Å²) in [5.74, 6) is 1.06. The predicted octanol–water partition coefficient (Wildman–Crippen LogP) is 4.22. The van der Waals surface area contributed by atoms with Crippen LogP contribution in [-0.2, 0) is 6.54 Å². The molecule has 0 aliphatic carbocycles. The molecule has 1 amide bonds. The van der Waals surface area contributed by atoms with Gasteiger partial charge in [0.2, 0.25) is 0 Å². The summed E-state index contributed by atoms with van der Waals surface area (Å²) >= 11 is 0. The maximum Gasteiger partial charge on any atom is 0.277 e. The van der Waals surface area contributed by atoms with E-state index in [2.05, 4.69) is 39.4 Å². The van der Waals surface area contributed by atoms with Crippen LogP contribution in [0.4, 0.5) is 5.69 Å². The lowest BCUT2D eigenvalue weighted by Gasteiger charge is -2.30. The van der Waals surface area contributed by atoms with Gasteiger partial charge in [0.05, 0.1) is 0 Å². The Morgan fingerprint density at radius 2 is 2.00 bits per heavy atom. The smallest absolute Gasteiger partial charge is 0.277 e. The van der Waals surface area contributed by atoms with Crippen LogP contribution in [0.1, 0.15) is 35.8 Å². The molecule has 0 radical (unpaired) electrons. The molecule has 1 fully saturated rings. The maximum atomic E-state index is 12.4. The van der Waals surface area contributed by atoms with Gasteiger partial charge in [0.1, 0.15) is 0 Å². The molecule has 144 valence electrons. The van der Waals surface area contributed by atoms with Crippen LogP contribution in [-0.4, -0.2) is 34.0 Å². The van der Waals surface area contributed by atoms with Crippen molar-refractivity contribution < 1.29 is 9.32 Å². The molecule has 1 saturated heterocycles. The second-order valence-electron chi connectivity index (χ2n) is 7.43. The summed E-state index contributed by atoms with van der Waals surface area (Å²) in [6.07, 6.45) is 5.90. The molecule has 1 aliphatic rings. The van der Waals surface area contributed by atoms with Crippen molar-refractivity contribution in [2.24, 2.45) is 5.92 Å². The zero-order valence-corrected chi connectivity index (χ0v) is 16.0. The van der Waals surface area contributed by atoms with E-state index >= 15 is 0 Å². The van der Waals surface area contributed by atoms with Crippen LogP contribution in [0, 0.1) is 5.92 Å². The summed E-state index contributed by atoms with van der Waals surface area (Å²) in [4.78, 5) is 19.0. The summed E-state index contributed by atoms with van der Waals surface area (Å²) in [5.41, 5.74) is 3.02. The zero-order chi connectivity index (χ0) is 19.3. The van der Waals surface area contributed by atoms with Crippen molar-refractivity contribution in [2.75, 3.05) is 18.4 Å². The van der Waals surface area contributed by atoms with Crippen molar-refractivity contribution in [1.82, 2.24) is 15.0 Å². The van der Waals surface area contributed by atoms with E-state index in [0.717, 1.165) is 36.8 Å². The minimum Gasteiger partial charge on any atom is -0.355 e. The lowest BCUT2D eigenvalue weighted by molar-refractivity contribution is 0.101. The molecule has 1 aliphatic heterocycles. The lowest BCUT2D eigenvalue weighted by atomic mass is 9.99. The fourth-order valence-electron chi connectivity index (χ4n) is 3.39. The summed E-state index contributed by atoms with van der Waals surface area (Å²) < 4.78 is 5.26. The quantitative estimate of drug-likeness (QED) is 0.722. The van der Waals surface area contributed by atoms with Crippen LogP contribution in [0.5, 0.6) is 0 Å². The Morgan fingerprint density at radius 1 is 1.21 bits per heavy atom. The number of amides is 1. The number of anilines is 1. The standard InChI is InChI=1S/C22H24N4O2/c1-16-8-11-26(12-9-16)15-17-4-6-19(7-5-17)24-22(27)20-13-21(28-25-20)18-3-2-10-23-14-18/h2-7,10,13-14,16H,8-9,11-12,15H2,1H3,(H,24,27). The van der Waals surface area contributed by atoms with Gasteiger partial charge in [0.15, 0.2) is 11.5 Å². The van der Waals surface area contributed by atoms with Crippen molar-refractivity contribution >= 4 is 11.6 Å². The number of pyridine rings is 1. The molecule has 0 bridgehead atoms. The molecule has 0 spiro atoms. The first-order valence-electron chi connectivity index (χ1n) is 9.67. The first-order chi connectivity index (χ1) is 13.7. The summed E-state index contributed by atoms with van der Waals surface area (Å²) in [6, 6.07) is 13.3. The van der Waals surface area contributed by atoms with Gasteiger partial charge in [0, 0.05) is 36.3 Å². The Hall–Kier alpha value is -2.99. The van der Waals surface area contributed by atoms with Gasteiger partial charge in [-0.05, 0) is 61.7 Å². The Kier molecular flexibility index (Phi) is 5.48. The highest BCUT2D eigenvalue weighted by atomic mass is 16.5. The van der Waals surface area contributed by atoms with E-state index in [1.807, 2.05) is 24.3 Å². The van der Waals surface area contributed by atoms with Crippen LogP contribution in [0.2, 0.25) is 0 Å². The molecule has 1 aromatic carbocycles. The SMILES string of the molecule is CC1CCN(Cc2ccc(NC(=O)c3cc(-c4cccnc4)on3)cc2)CC1. The van der Waals surface area contributed by atoms with Gasteiger partial charge < -0.3 is 9.84 Å². The second-order valence-corrected chi connectivity index (χ2v) is 7.43. The Balaban J connectivity index is 1.35. The van der Waals surface area contributed by atoms with Crippen molar-refractivity contribution in [2.45, 2.75) is 26.3 Å².